The Balaban J connectivity index is 2.19. The number of hydrogen-bond donors (Lipinski definition) is 1. The Morgan fingerprint density at radius 2 is 2.10 bits per heavy atom. The highest BCUT2D eigenvalue weighted by Crippen LogP contribution is 2.33. The Labute approximate surface area is 119 Å². The van der Waals surface area contributed by atoms with E-state index < -0.39 is 17.5 Å². The molecule has 2 atom stereocenters. The van der Waals surface area contributed by atoms with Gasteiger partial charge in [0.1, 0.15) is 0 Å². The minimum absolute atomic E-state index is 0.449. The van der Waals surface area contributed by atoms with Gasteiger partial charge in [-0.05, 0) is 12.5 Å². The summed E-state index contributed by atoms with van der Waals surface area (Å²) in [6.07, 6.45) is 7.18. The highest BCUT2D eigenvalue weighted by molar-refractivity contribution is 5.73. The molecule has 1 aromatic rings. The lowest BCUT2D eigenvalue weighted by molar-refractivity contribution is -0.140. The summed E-state index contributed by atoms with van der Waals surface area (Å²) >= 11 is 0. The highest BCUT2D eigenvalue weighted by atomic mass is 16.5. The molecule has 3 heteroatoms. The van der Waals surface area contributed by atoms with Crippen LogP contribution in [0.4, 0.5) is 0 Å². The van der Waals surface area contributed by atoms with Crippen LogP contribution in [0.2, 0.25) is 0 Å². The van der Waals surface area contributed by atoms with Crippen LogP contribution in [0.15, 0.2) is 54.1 Å². The first-order chi connectivity index (χ1) is 9.56. The van der Waals surface area contributed by atoms with Crippen molar-refractivity contribution in [3.05, 3.63) is 59.7 Å². The van der Waals surface area contributed by atoms with E-state index in [1.165, 1.54) is 5.56 Å². The van der Waals surface area contributed by atoms with E-state index in [-0.39, 0.29) is 0 Å². The van der Waals surface area contributed by atoms with Crippen LogP contribution < -0.4 is 0 Å². The third-order valence-electron chi connectivity index (χ3n) is 3.89. The number of rotatable bonds is 5. The smallest absolute Gasteiger partial charge is 0.310 e. The number of methoxy groups -OCH3 is 1. The van der Waals surface area contributed by atoms with Crippen molar-refractivity contribution in [2.45, 2.75) is 25.4 Å². The van der Waals surface area contributed by atoms with Crippen molar-refractivity contribution in [1.82, 2.24) is 0 Å². The Bertz CT molecular complexity index is 530. The van der Waals surface area contributed by atoms with Crippen LogP contribution in [0, 0.1) is 5.92 Å². The van der Waals surface area contributed by atoms with E-state index in [0.717, 1.165) is 12.0 Å². The standard InChI is InChI=1S/C17H20O3/c1-13(16(18)19)15-9-6-10-17(12-15,20-2)11-14-7-4-3-5-8-14/h3-10,13H,11-12H2,1-2H3,(H,18,19). The van der Waals surface area contributed by atoms with Gasteiger partial charge in [0.05, 0.1) is 11.5 Å². The van der Waals surface area contributed by atoms with Crippen LogP contribution in [0.3, 0.4) is 0 Å². The van der Waals surface area contributed by atoms with Crippen LogP contribution in [0.1, 0.15) is 18.9 Å². The monoisotopic (exact) mass is 272 g/mol. The molecule has 0 radical (unpaired) electrons. The fraction of sp³-hybridized carbons (Fsp3) is 0.353. The number of allylic oxidation sites excluding steroid dienone is 2. The number of ether oxygens (including phenoxy) is 1. The van der Waals surface area contributed by atoms with E-state index in [4.69, 9.17) is 9.84 Å². The number of carbonyl (C=O) groups is 1. The van der Waals surface area contributed by atoms with Gasteiger partial charge >= 0.3 is 5.97 Å². The van der Waals surface area contributed by atoms with Crippen molar-refractivity contribution in [2.24, 2.45) is 5.92 Å². The molecule has 0 saturated carbocycles. The van der Waals surface area contributed by atoms with Gasteiger partial charge < -0.3 is 9.84 Å². The molecule has 1 aliphatic carbocycles. The Morgan fingerprint density at radius 1 is 1.40 bits per heavy atom. The molecule has 0 bridgehead atoms. The van der Waals surface area contributed by atoms with E-state index in [1.54, 1.807) is 14.0 Å². The van der Waals surface area contributed by atoms with Gasteiger partial charge in [-0.1, -0.05) is 54.1 Å². The number of benzene rings is 1. The Kier molecular flexibility index (Phi) is 4.40. The van der Waals surface area contributed by atoms with Crippen molar-refractivity contribution >= 4 is 5.97 Å². The quantitative estimate of drug-likeness (QED) is 0.895. The second-order valence-corrected chi connectivity index (χ2v) is 5.27. The molecular weight excluding hydrogens is 252 g/mol. The van der Waals surface area contributed by atoms with E-state index in [2.05, 4.69) is 12.1 Å². The molecule has 2 rings (SSSR count). The van der Waals surface area contributed by atoms with Crippen molar-refractivity contribution in [3.63, 3.8) is 0 Å². The molecule has 0 saturated heterocycles. The molecule has 1 aliphatic rings. The summed E-state index contributed by atoms with van der Waals surface area (Å²) < 4.78 is 5.72. The molecule has 0 heterocycles. The minimum atomic E-state index is -0.795. The van der Waals surface area contributed by atoms with Crippen molar-refractivity contribution in [3.8, 4) is 0 Å². The number of carboxylic acid groups (broad SMARTS) is 1. The molecule has 0 fully saturated rings. The molecule has 0 aromatic heterocycles. The molecule has 0 amide bonds. The van der Waals surface area contributed by atoms with Crippen molar-refractivity contribution in [2.75, 3.05) is 7.11 Å². The zero-order valence-corrected chi connectivity index (χ0v) is 11.9. The van der Waals surface area contributed by atoms with E-state index >= 15 is 0 Å². The third kappa shape index (κ3) is 3.17. The van der Waals surface area contributed by atoms with Gasteiger partial charge in [-0.3, -0.25) is 4.79 Å². The lowest BCUT2D eigenvalue weighted by atomic mass is 9.80. The van der Waals surface area contributed by atoms with Crippen molar-refractivity contribution in [1.29, 1.82) is 0 Å². The lowest BCUT2D eigenvalue weighted by Gasteiger charge is -2.33. The highest BCUT2D eigenvalue weighted by Gasteiger charge is 2.33. The molecule has 0 aliphatic heterocycles. The second kappa shape index (κ2) is 6.06. The van der Waals surface area contributed by atoms with Gasteiger partial charge in [-0.2, -0.15) is 0 Å². The first-order valence-electron chi connectivity index (χ1n) is 6.76. The average molecular weight is 272 g/mol. The maximum Gasteiger partial charge on any atom is 0.310 e. The summed E-state index contributed by atoms with van der Waals surface area (Å²) in [5.41, 5.74) is 1.64. The summed E-state index contributed by atoms with van der Waals surface area (Å²) in [6.45, 7) is 1.72. The molecule has 1 N–H and O–H groups in total. The van der Waals surface area contributed by atoms with E-state index in [9.17, 15) is 4.79 Å². The summed E-state index contributed by atoms with van der Waals surface area (Å²) in [4.78, 5) is 11.2. The van der Waals surface area contributed by atoms with Crippen LogP contribution in [-0.4, -0.2) is 23.8 Å². The third-order valence-corrected chi connectivity index (χ3v) is 3.89. The fourth-order valence-electron chi connectivity index (χ4n) is 2.54. The van der Waals surface area contributed by atoms with Crippen molar-refractivity contribution < 1.29 is 14.6 Å². The summed E-state index contributed by atoms with van der Waals surface area (Å²) in [6, 6.07) is 10.1. The van der Waals surface area contributed by atoms with Gasteiger partial charge in [-0.15, -0.1) is 0 Å². The molecule has 1 aromatic carbocycles. The van der Waals surface area contributed by atoms with Gasteiger partial charge in [0, 0.05) is 20.0 Å². The largest absolute Gasteiger partial charge is 0.481 e. The normalized spacial score (nSPS) is 23.2. The minimum Gasteiger partial charge on any atom is -0.481 e. The fourth-order valence-corrected chi connectivity index (χ4v) is 2.54. The number of aliphatic carboxylic acids is 1. The zero-order chi connectivity index (χ0) is 14.6. The van der Waals surface area contributed by atoms with Crippen LogP contribution in [-0.2, 0) is 16.0 Å². The molecule has 2 unspecified atom stereocenters. The SMILES string of the molecule is COC1(Cc2ccccc2)C=CC=C(C(C)C(=O)O)C1. The molecule has 106 valence electrons. The van der Waals surface area contributed by atoms with Gasteiger partial charge in [0.25, 0.3) is 0 Å². The first kappa shape index (κ1) is 14.5. The Morgan fingerprint density at radius 3 is 2.70 bits per heavy atom. The maximum atomic E-state index is 11.2. The summed E-state index contributed by atoms with van der Waals surface area (Å²) in [5, 5.41) is 9.16. The van der Waals surface area contributed by atoms with Crippen LogP contribution >= 0.6 is 0 Å². The molecular formula is C17H20O3. The topological polar surface area (TPSA) is 46.5 Å². The second-order valence-electron chi connectivity index (χ2n) is 5.27. The zero-order valence-electron chi connectivity index (χ0n) is 11.9. The van der Waals surface area contributed by atoms with Gasteiger partial charge in [0.15, 0.2) is 0 Å². The first-order valence-corrected chi connectivity index (χ1v) is 6.76. The molecule has 20 heavy (non-hydrogen) atoms. The molecule has 3 nitrogen and oxygen atoms in total. The summed E-state index contributed by atoms with van der Waals surface area (Å²) in [5.74, 6) is -1.28. The van der Waals surface area contributed by atoms with Gasteiger partial charge in [-0.25, -0.2) is 0 Å². The predicted molar refractivity (Wildman–Crippen MR) is 78.5 cm³/mol. The van der Waals surface area contributed by atoms with E-state index in [1.807, 2.05) is 36.4 Å². The van der Waals surface area contributed by atoms with E-state index in [0.29, 0.717) is 6.42 Å². The van der Waals surface area contributed by atoms with Gasteiger partial charge in [0.2, 0.25) is 0 Å². The Hall–Kier alpha value is -1.87. The average Bonchev–Trinajstić information content (AvgIpc) is 2.47. The van der Waals surface area contributed by atoms with Crippen LogP contribution in [0.25, 0.3) is 0 Å². The lowest BCUT2D eigenvalue weighted by Crippen LogP contribution is -2.35. The van der Waals surface area contributed by atoms with Crippen LogP contribution in [0.5, 0.6) is 0 Å². The number of hydrogen-bond acceptors (Lipinski definition) is 2. The maximum absolute atomic E-state index is 11.2. The predicted octanol–water partition coefficient (Wildman–Crippen LogP) is 3.22. The molecule has 0 spiro atoms. The number of carboxylic acids is 1. The summed E-state index contributed by atoms with van der Waals surface area (Å²) in [7, 11) is 1.68.